The van der Waals surface area contributed by atoms with E-state index in [1.165, 1.54) is 59.1 Å². The summed E-state index contributed by atoms with van der Waals surface area (Å²) in [6, 6.07) is 14.8. The summed E-state index contributed by atoms with van der Waals surface area (Å²) in [7, 11) is 0. The van der Waals surface area contributed by atoms with Gasteiger partial charge >= 0.3 is 29.7 Å². The Morgan fingerprint density at radius 3 is 1.13 bits per heavy atom. The van der Waals surface area contributed by atoms with Crippen LogP contribution < -0.4 is 0 Å². The lowest BCUT2D eigenvalue weighted by Gasteiger charge is -2.25. The topological polar surface area (TPSA) is 74.6 Å². The molecule has 0 unspecified atom stereocenters. The van der Waals surface area contributed by atoms with Crippen molar-refractivity contribution < 1.29 is 46.1 Å². The maximum atomic E-state index is 16.6. The highest BCUT2D eigenvalue weighted by Crippen LogP contribution is 2.68. The van der Waals surface area contributed by atoms with Crippen molar-refractivity contribution in [3.8, 4) is 39.0 Å². The molecule has 0 radical (unpaired) electrons. The highest BCUT2D eigenvalue weighted by atomic mass is 32.1. The molecule has 55 heavy (non-hydrogen) atoms. The van der Waals surface area contributed by atoms with E-state index in [1.807, 2.05) is 53.7 Å². The van der Waals surface area contributed by atoms with Crippen LogP contribution in [-0.4, -0.2) is 39.9 Å². The Morgan fingerprint density at radius 1 is 0.491 bits per heavy atom. The lowest BCUT2D eigenvalue weighted by Crippen LogP contribution is -2.48. The first-order valence-corrected chi connectivity index (χ1v) is 21.4. The van der Waals surface area contributed by atoms with Gasteiger partial charge in [0, 0.05) is 61.3 Å². The molecule has 0 saturated heterocycles. The van der Waals surface area contributed by atoms with Crippen molar-refractivity contribution in [1.29, 1.82) is 0 Å². The minimum Gasteiger partial charge on any atom is -0.477 e. The molecule has 0 fully saturated rings. The highest BCUT2D eigenvalue weighted by molar-refractivity contribution is 7.28. The summed E-state index contributed by atoms with van der Waals surface area (Å²) in [5.74, 6) is -19.3. The Morgan fingerprint density at radius 2 is 0.836 bits per heavy atom. The second-order valence-corrected chi connectivity index (χ2v) is 21.4. The molecular weight excluding hydrogens is 839 g/mol. The van der Waals surface area contributed by atoms with Gasteiger partial charge in [-0.25, -0.2) is 9.59 Å². The first-order chi connectivity index (χ1) is 25.4. The Labute approximate surface area is 335 Å². The van der Waals surface area contributed by atoms with Crippen LogP contribution in [-0.2, 0) is 10.8 Å². The van der Waals surface area contributed by atoms with Crippen LogP contribution in [0.5, 0.6) is 0 Å². The number of carboxylic acid groups (broad SMARTS) is 2. The molecule has 0 atom stereocenters. The van der Waals surface area contributed by atoms with Gasteiger partial charge in [-0.05, 0) is 71.5 Å². The number of alkyl halides is 6. The Balaban J connectivity index is 1.57. The van der Waals surface area contributed by atoms with E-state index in [4.69, 9.17) is 0 Å². The first kappa shape index (κ1) is 39.7. The third-order valence-electron chi connectivity index (χ3n) is 8.93. The van der Waals surface area contributed by atoms with Crippen molar-refractivity contribution in [2.24, 2.45) is 0 Å². The van der Waals surface area contributed by atoms with Crippen LogP contribution in [0, 0.1) is 0 Å². The van der Waals surface area contributed by atoms with Crippen LogP contribution in [0.15, 0.2) is 60.7 Å². The largest absolute Gasteiger partial charge is 0.477 e. The molecule has 2 N–H and O–H groups in total. The van der Waals surface area contributed by atoms with Gasteiger partial charge in [0.05, 0.1) is 9.75 Å². The summed E-state index contributed by atoms with van der Waals surface area (Å²) in [5, 5.41) is 19.3. The summed E-state index contributed by atoms with van der Waals surface area (Å²) < 4.78 is 98.1. The second kappa shape index (κ2) is 13.3. The van der Waals surface area contributed by atoms with Gasteiger partial charge in [0.25, 0.3) is 0 Å². The third-order valence-corrected chi connectivity index (χ3v) is 17.1. The second-order valence-electron chi connectivity index (χ2n) is 14.9. The van der Waals surface area contributed by atoms with E-state index in [1.54, 1.807) is 12.1 Å². The zero-order valence-electron chi connectivity index (χ0n) is 29.7. The number of thiophene rings is 6. The van der Waals surface area contributed by atoms with Gasteiger partial charge in [-0.1, -0.05) is 41.5 Å². The summed E-state index contributed by atoms with van der Waals surface area (Å²) >= 11 is 5.97. The smallest absolute Gasteiger partial charge is 0.380 e. The Hall–Kier alpha value is -3.54. The van der Waals surface area contributed by atoms with E-state index in [0.717, 1.165) is 32.4 Å². The fourth-order valence-corrected chi connectivity index (χ4v) is 12.6. The van der Waals surface area contributed by atoms with Crippen molar-refractivity contribution in [2.45, 2.75) is 70.1 Å². The predicted molar refractivity (Wildman–Crippen MR) is 215 cm³/mol. The molecule has 1 aliphatic rings. The van der Waals surface area contributed by atoms with Crippen molar-refractivity contribution in [2.75, 3.05) is 0 Å². The molecule has 0 bridgehead atoms. The maximum absolute atomic E-state index is 16.6. The van der Waals surface area contributed by atoms with E-state index in [2.05, 4.69) is 0 Å². The van der Waals surface area contributed by atoms with Crippen LogP contribution >= 0.6 is 68.0 Å². The standard InChI is InChI=1S/C39H30F6O4S6/c1-35(2,3)27-13-11-19(52-27)25-15-17(31(54-25)21-7-9-23(50-21)33(46)47)29-30(38(42,43)39(44,45)37(29,40)41)18-16-26(20-12-14-28(53-20)36(4,5)6)55-32(18)22-8-10-24(51-22)34(48)49/h7-16H,1-6H3,(H,46,47)(H,48,49). The van der Waals surface area contributed by atoms with Crippen LogP contribution in [0.2, 0.25) is 0 Å². The Bertz CT molecular complexity index is 2350. The van der Waals surface area contributed by atoms with Gasteiger partial charge in [-0.3, -0.25) is 0 Å². The number of allylic oxidation sites excluding steroid dienone is 2. The van der Waals surface area contributed by atoms with Gasteiger partial charge in [-0.2, -0.15) is 26.3 Å². The molecule has 16 heteroatoms. The molecule has 1 aliphatic carbocycles. The van der Waals surface area contributed by atoms with E-state index < -0.39 is 52.0 Å². The zero-order valence-corrected chi connectivity index (χ0v) is 34.6. The summed E-state index contributed by atoms with van der Waals surface area (Å²) in [6.07, 6.45) is 0. The molecule has 6 heterocycles. The quantitative estimate of drug-likeness (QED) is 0.149. The molecule has 0 amide bonds. The first-order valence-electron chi connectivity index (χ1n) is 16.5. The number of hydrogen-bond donors (Lipinski definition) is 2. The minimum absolute atomic E-state index is 0.0618. The molecular formula is C39H30F6O4S6. The van der Waals surface area contributed by atoms with Crippen LogP contribution in [0.3, 0.4) is 0 Å². The van der Waals surface area contributed by atoms with E-state index in [0.29, 0.717) is 42.2 Å². The summed E-state index contributed by atoms with van der Waals surface area (Å²) in [4.78, 5) is 27.3. The molecule has 7 rings (SSSR count). The number of carboxylic acids is 2. The number of carbonyl (C=O) groups is 2. The van der Waals surface area contributed by atoms with Gasteiger partial charge in [0.1, 0.15) is 9.75 Å². The molecule has 0 aromatic carbocycles. The number of rotatable bonds is 8. The molecule has 6 aromatic rings. The Kier molecular flexibility index (Phi) is 9.57. The third kappa shape index (κ3) is 6.55. The lowest BCUT2D eigenvalue weighted by atomic mass is 9.94. The van der Waals surface area contributed by atoms with Crippen LogP contribution in [0.25, 0.3) is 50.2 Å². The van der Waals surface area contributed by atoms with Crippen LogP contribution in [0.1, 0.15) is 81.8 Å². The molecule has 288 valence electrons. The van der Waals surface area contributed by atoms with E-state index in [-0.39, 0.29) is 40.1 Å². The van der Waals surface area contributed by atoms with Gasteiger partial charge < -0.3 is 10.2 Å². The SMILES string of the molecule is CC(C)(C)c1ccc(-c2cc(C3=C(c4cc(-c5ccc(C(C)(C)C)s5)sc4-c4ccc(C(=O)O)s4)C(F)(F)C(F)(F)C3(F)F)c(-c3ccc(C(=O)O)s3)s2)s1. The fourth-order valence-electron chi connectivity index (χ4n) is 6.09. The van der Waals surface area contributed by atoms with E-state index in [9.17, 15) is 19.8 Å². The van der Waals surface area contributed by atoms with Gasteiger partial charge in [0.2, 0.25) is 0 Å². The van der Waals surface area contributed by atoms with Crippen molar-refractivity contribution in [3.63, 3.8) is 0 Å². The van der Waals surface area contributed by atoms with Crippen molar-refractivity contribution in [1.82, 2.24) is 0 Å². The van der Waals surface area contributed by atoms with Gasteiger partial charge in [0.15, 0.2) is 0 Å². The summed E-state index contributed by atoms with van der Waals surface area (Å²) in [5.41, 5.74) is -4.85. The average molecular weight is 869 g/mol. The van der Waals surface area contributed by atoms with Gasteiger partial charge in [-0.15, -0.1) is 68.0 Å². The maximum Gasteiger partial charge on any atom is 0.380 e. The molecule has 0 aliphatic heterocycles. The number of halogens is 6. The zero-order chi connectivity index (χ0) is 40.2. The number of aromatic carboxylic acids is 2. The minimum atomic E-state index is -5.88. The van der Waals surface area contributed by atoms with E-state index >= 15 is 26.3 Å². The average Bonchev–Trinajstić information content (AvgIpc) is 3.92. The fraction of sp³-hybridized carbons (Fsp3) is 0.282. The van der Waals surface area contributed by atoms with Crippen LogP contribution in [0.4, 0.5) is 26.3 Å². The normalized spacial score (nSPS) is 16.7. The molecule has 6 aromatic heterocycles. The van der Waals surface area contributed by atoms with Crippen molar-refractivity contribution in [3.05, 3.63) is 91.3 Å². The van der Waals surface area contributed by atoms with Crippen molar-refractivity contribution >= 4 is 91.1 Å². The number of hydrogen-bond acceptors (Lipinski definition) is 8. The monoisotopic (exact) mass is 868 g/mol. The predicted octanol–water partition coefficient (Wildman–Crippen LogP) is 14.5. The summed E-state index contributed by atoms with van der Waals surface area (Å²) in [6.45, 7) is 11.9. The lowest BCUT2D eigenvalue weighted by molar-refractivity contribution is -0.254. The molecule has 0 spiro atoms. The molecule has 0 saturated carbocycles. The molecule has 4 nitrogen and oxygen atoms in total. The highest BCUT2D eigenvalue weighted by Gasteiger charge is 2.80.